The fraction of sp³-hybridized carbons (Fsp3) is 0.394. The lowest BCUT2D eigenvalue weighted by Gasteiger charge is -2.35. The number of ether oxygens (including phenoxy) is 5. The van der Waals surface area contributed by atoms with Crippen LogP contribution in [0.4, 0.5) is 5.69 Å². The topological polar surface area (TPSA) is 92.3 Å². The summed E-state index contributed by atoms with van der Waals surface area (Å²) < 4.78 is 27.9. The second-order valence-electron chi connectivity index (χ2n) is 10.3. The zero-order chi connectivity index (χ0) is 30.5. The standard InChI is InChI=1S/C33H42N2O7/c1-24(36)42-32(22-25-11-8-7-9-12-25)33(37)34-18-10-19-35(2,27-14-16-29(39-4)31(23-27)41-6)20-17-26-13-15-28(38-3)30(21-26)40-5/h7-9,11-16,21,23,32H,10,17-20,22H2,1-6H3/p+1. The van der Waals surface area contributed by atoms with Crippen molar-refractivity contribution in [2.75, 3.05) is 55.1 Å². The van der Waals surface area contributed by atoms with Crippen LogP contribution >= 0.6 is 0 Å². The van der Waals surface area contributed by atoms with E-state index in [1.807, 2.05) is 66.7 Å². The molecule has 2 unspecified atom stereocenters. The molecule has 0 aliphatic rings. The number of nitrogens with one attached hydrogen (secondary N) is 1. The van der Waals surface area contributed by atoms with Crippen molar-refractivity contribution in [3.05, 3.63) is 77.9 Å². The van der Waals surface area contributed by atoms with Gasteiger partial charge in [-0.1, -0.05) is 36.4 Å². The summed E-state index contributed by atoms with van der Waals surface area (Å²) in [6.07, 6.45) is 0.905. The minimum absolute atomic E-state index is 0.306. The molecule has 3 rings (SSSR count). The fourth-order valence-corrected chi connectivity index (χ4v) is 4.91. The summed E-state index contributed by atoms with van der Waals surface area (Å²) in [6, 6.07) is 21.4. The van der Waals surface area contributed by atoms with Gasteiger partial charge in [0.2, 0.25) is 0 Å². The van der Waals surface area contributed by atoms with Crippen LogP contribution in [-0.2, 0) is 27.2 Å². The van der Waals surface area contributed by atoms with Crippen LogP contribution in [0.5, 0.6) is 23.0 Å². The highest BCUT2D eigenvalue weighted by Gasteiger charge is 2.27. The number of rotatable bonds is 16. The number of hydrogen-bond acceptors (Lipinski definition) is 7. The van der Waals surface area contributed by atoms with E-state index in [2.05, 4.69) is 12.4 Å². The summed E-state index contributed by atoms with van der Waals surface area (Å²) in [7, 11) is 8.66. The number of methoxy groups -OCH3 is 4. The van der Waals surface area contributed by atoms with Gasteiger partial charge in [-0.25, -0.2) is 0 Å². The molecule has 1 N–H and O–H groups in total. The molecule has 9 nitrogen and oxygen atoms in total. The number of amides is 1. The minimum atomic E-state index is -0.887. The zero-order valence-electron chi connectivity index (χ0n) is 25.5. The molecule has 0 bridgehead atoms. The first kappa shape index (κ1) is 32.3. The minimum Gasteiger partial charge on any atom is -0.493 e. The summed E-state index contributed by atoms with van der Waals surface area (Å²) in [5.74, 6) is 1.90. The SMILES string of the molecule is COc1ccc(CC[N+](C)(CCCNC(=O)C(Cc2ccccc2)OC(C)=O)c2ccc(OC)c(OC)c2)cc1OC. The van der Waals surface area contributed by atoms with E-state index in [9.17, 15) is 9.59 Å². The molecule has 0 aromatic heterocycles. The van der Waals surface area contributed by atoms with Crippen molar-refractivity contribution in [2.45, 2.75) is 32.3 Å². The highest BCUT2D eigenvalue weighted by Crippen LogP contribution is 2.34. The van der Waals surface area contributed by atoms with Gasteiger partial charge in [-0.2, -0.15) is 0 Å². The lowest BCUT2D eigenvalue weighted by molar-refractivity contribution is -0.153. The molecule has 3 aromatic carbocycles. The average Bonchev–Trinajstić information content (AvgIpc) is 3.01. The first-order valence-electron chi connectivity index (χ1n) is 14.0. The van der Waals surface area contributed by atoms with Crippen molar-refractivity contribution in [2.24, 2.45) is 0 Å². The summed E-state index contributed by atoms with van der Waals surface area (Å²) in [5, 5.41) is 2.97. The van der Waals surface area contributed by atoms with Crippen LogP contribution in [0, 0.1) is 0 Å². The van der Waals surface area contributed by atoms with Crippen molar-refractivity contribution in [3.63, 3.8) is 0 Å². The van der Waals surface area contributed by atoms with Crippen LogP contribution in [0.1, 0.15) is 24.5 Å². The molecule has 0 aliphatic heterocycles. The van der Waals surface area contributed by atoms with E-state index in [1.54, 1.807) is 28.4 Å². The first-order chi connectivity index (χ1) is 20.2. The Bertz CT molecular complexity index is 1320. The molecule has 42 heavy (non-hydrogen) atoms. The van der Waals surface area contributed by atoms with Crippen molar-refractivity contribution < 1.29 is 33.3 Å². The van der Waals surface area contributed by atoms with E-state index in [-0.39, 0.29) is 5.91 Å². The van der Waals surface area contributed by atoms with Gasteiger partial charge in [0.05, 0.1) is 48.6 Å². The van der Waals surface area contributed by atoms with Crippen LogP contribution in [-0.4, -0.2) is 73.1 Å². The van der Waals surface area contributed by atoms with E-state index >= 15 is 0 Å². The number of nitrogens with zero attached hydrogens (tertiary/aromatic N) is 1. The predicted molar refractivity (Wildman–Crippen MR) is 164 cm³/mol. The van der Waals surface area contributed by atoms with Gasteiger partial charge in [-0.3, -0.25) is 14.1 Å². The second kappa shape index (κ2) is 15.7. The molecule has 0 aliphatic carbocycles. The lowest BCUT2D eigenvalue weighted by atomic mass is 10.1. The van der Waals surface area contributed by atoms with Gasteiger partial charge in [0.15, 0.2) is 29.1 Å². The van der Waals surface area contributed by atoms with Crippen molar-refractivity contribution >= 4 is 17.6 Å². The van der Waals surface area contributed by atoms with Gasteiger partial charge in [-0.15, -0.1) is 0 Å². The van der Waals surface area contributed by atoms with Crippen LogP contribution < -0.4 is 28.7 Å². The lowest BCUT2D eigenvalue weighted by Crippen LogP contribution is -2.48. The zero-order valence-corrected chi connectivity index (χ0v) is 25.5. The number of carbonyl (C=O) groups is 2. The number of esters is 1. The predicted octanol–water partition coefficient (Wildman–Crippen LogP) is 4.58. The number of hydrogen-bond donors (Lipinski definition) is 1. The van der Waals surface area contributed by atoms with Gasteiger partial charge < -0.3 is 29.0 Å². The molecule has 0 radical (unpaired) electrons. The first-order valence-corrected chi connectivity index (χ1v) is 14.0. The van der Waals surface area contributed by atoms with Crippen molar-refractivity contribution in [1.29, 1.82) is 0 Å². The molecule has 0 saturated heterocycles. The monoisotopic (exact) mass is 579 g/mol. The molecule has 0 fully saturated rings. The van der Waals surface area contributed by atoms with E-state index in [0.717, 1.165) is 36.3 Å². The Morgan fingerprint density at radius 2 is 1.38 bits per heavy atom. The highest BCUT2D eigenvalue weighted by molar-refractivity contribution is 5.83. The maximum atomic E-state index is 13.0. The maximum Gasteiger partial charge on any atom is 0.303 e. The van der Waals surface area contributed by atoms with Gasteiger partial charge in [0, 0.05) is 44.9 Å². The van der Waals surface area contributed by atoms with E-state index < -0.39 is 12.1 Å². The fourth-order valence-electron chi connectivity index (χ4n) is 4.91. The number of quaternary nitrogens is 1. The normalized spacial score (nSPS) is 12.9. The van der Waals surface area contributed by atoms with Gasteiger partial charge in [0.25, 0.3) is 5.91 Å². The molecule has 1 amide bonds. The summed E-state index contributed by atoms with van der Waals surface area (Å²) in [4.78, 5) is 24.7. The Labute approximate surface area is 248 Å². The van der Waals surface area contributed by atoms with E-state index in [0.29, 0.717) is 46.9 Å². The van der Waals surface area contributed by atoms with E-state index in [1.165, 1.54) is 6.92 Å². The molecule has 2 atom stereocenters. The molecule has 3 aromatic rings. The molecular weight excluding hydrogens is 536 g/mol. The number of benzene rings is 3. The van der Waals surface area contributed by atoms with Crippen LogP contribution in [0.15, 0.2) is 66.7 Å². The third kappa shape index (κ3) is 8.88. The van der Waals surface area contributed by atoms with Crippen LogP contribution in [0.25, 0.3) is 0 Å². The van der Waals surface area contributed by atoms with Gasteiger partial charge in [-0.05, 0) is 29.3 Å². The Hall–Kier alpha value is -4.24. The molecule has 0 spiro atoms. The number of carbonyl (C=O) groups excluding carboxylic acids is 2. The van der Waals surface area contributed by atoms with Gasteiger partial charge >= 0.3 is 5.97 Å². The Morgan fingerprint density at radius 3 is 2.00 bits per heavy atom. The van der Waals surface area contributed by atoms with Crippen LogP contribution in [0.2, 0.25) is 0 Å². The maximum absolute atomic E-state index is 13.0. The third-order valence-corrected chi connectivity index (χ3v) is 7.32. The summed E-state index contributed by atoms with van der Waals surface area (Å²) in [6.45, 7) is 3.27. The third-order valence-electron chi connectivity index (χ3n) is 7.32. The Morgan fingerprint density at radius 1 is 0.762 bits per heavy atom. The molecule has 9 heteroatoms. The Balaban J connectivity index is 1.73. The molecule has 0 heterocycles. The highest BCUT2D eigenvalue weighted by atomic mass is 16.5. The Kier molecular flexibility index (Phi) is 12.0. The number of likely N-dealkylation sites (N-methyl/N-ethyl adjacent to an activating group) is 1. The second-order valence-corrected chi connectivity index (χ2v) is 10.3. The van der Waals surface area contributed by atoms with Crippen molar-refractivity contribution in [3.8, 4) is 23.0 Å². The van der Waals surface area contributed by atoms with Crippen LogP contribution in [0.3, 0.4) is 0 Å². The largest absolute Gasteiger partial charge is 0.493 e. The quantitative estimate of drug-likeness (QED) is 0.151. The summed E-state index contributed by atoms with van der Waals surface area (Å²) in [5.41, 5.74) is 3.10. The average molecular weight is 580 g/mol. The molecular formula is C33H43N2O7+. The van der Waals surface area contributed by atoms with Gasteiger partial charge in [0.1, 0.15) is 5.69 Å². The summed E-state index contributed by atoms with van der Waals surface area (Å²) >= 11 is 0. The molecule has 0 saturated carbocycles. The van der Waals surface area contributed by atoms with Crippen molar-refractivity contribution in [1.82, 2.24) is 9.80 Å². The smallest absolute Gasteiger partial charge is 0.303 e. The molecule has 226 valence electrons. The van der Waals surface area contributed by atoms with E-state index in [4.69, 9.17) is 23.7 Å².